The molecule has 2 aliphatic heterocycles. The highest BCUT2D eigenvalue weighted by atomic mass is 32.1. The Morgan fingerprint density at radius 3 is 2.60 bits per heavy atom. The first-order valence-electron chi connectivity index (χ1n) is 10.6. The number of nitrogens with zero attached hydrogens (tertiary/aromatic N) is 2. The molecule has 1 aromatic carbocycles. The normalized spacial score (nSPS) is 18.4. The highest BCUT2D eigenvalue weighted by Crippen LogP contribution is 2.36. The molecule has 0 unspecified atom stereocenters. The lowest BCUT2D eigenvalue weighted by atomic mass is 9.87. The van der Waals surface area contributed by atoms with Gasteiger partial charge in [-0.2, -0.15) is 0 Å². The first-order chi connectivity index (χ1) is 14.3. The smallest absolute Gasteiger partial charge is 0.231 e. The molecule has 2 aromatic rings. The minimum absolute atomic E-state index is 0.00819. The van der Waals surface area contributed by atoms with E-state index in [1.54, 1.807) is 11.3 Å². The van der Waals surface area contributed by atoms with Crippen molar-refractivity contribution in [3.05, 3.63) is 39.8 Å². The number of aromatic nitrogens is 1. The maximum Gasteiger partial charge on any atom is 0.231 e. The van der Waals surface area contributed by atoms with E-state index in [1.165, 1.54) is 11.1 Å². The second-order valence-electron chi connectivity index (χ2n) is 9.32. The third-order valence-corrected chi connectivity index (χ3v) is 6.87. The maximum absolute atomic E-state index is 12.7. The molecule has 1 N–H and O–H groups in total. The summed E-state index contributed by atoms with van der Waals surface area (Å²) >= 11 is 1.63. The van der Waals surface area contributed by atoms with E-state index >= 15 is 0 Å². The van der Waals surface area contributed by atoms with Gasteiger partial charge in [0, 0.05) is 23.5 Å². The number of amides is 1. The van der Waals surface area contributed by atoms with Crippen LogP contribution in [0.2, 0.25) is 0 Å². The Bertz CT molecular complexity index is 884. The fraction of sp³-hybridized carbons (Fsp3) is 0.565. The number of rotatable bonds is 5. The van der Waals surface area contributed by atoms with Crippen LogP contribution in [0.4, 0.5) is 0 Å². The first kappa shape index (κ1) is 21.1. The van der Waals surface area contributed by atoms with E-state index < -0.39 is 5.41 Å². The number of piperidine rings is 1. The number of hydrogen-bond donors (Lipinski definition) is 1. The van der Waals surface area contributed by atoms with Crippen LogP contribution in [-0.4, -0.2) is 35.7 Å². The number of aryl methyl sites for hydroxylation is 1. The number of benzene rings is 1. The number of thiazole rings is 1. The van der Waals surface area contributed by atoms with Gasteiger partial charge in [0.25, 0.3) is 0 Å². The third kappa shape index (κ3) is 4.62. The van der Waals surface area contributed by atoms with Crippen molar-refractivity contribution in [1.82, 2.24) is 15.2 Å². The molecule has 1 aromatic heterocycles. The topological polar surface area (TPSA) is 63.7 Å². The van der Waals surface area contributed by atoms with E-state index in [-0.39, 0.29) is 11.9 Å². The van der Waals surface area contributed by atoms with Crippen LogP contribution in [-0.2, 0) is 11.3 Å². The first-order valence-corrected chi connectivity index (χ1v) is 11.5. The molecule has 0 bridgehead atoms. The second kappa shape index (κ2) is 8.55. The monoisotopic (exact) mass is 429 g/mol. The summed E-state index contributed by atoms with van der Waals surface area (Å²) in [5, 5.41) is 6.29. The van der Waals surface area contributed by atoms with Gasteiger partial charge in [-0.15, -0.1) is 11.3 Å². The van der Waals surface area contributed by atoms with Crippen molar-refractivity contribution in [2.45, 2.75) is 53.1 Å². The molecule has 1 fully saturated rings. The van der Waals surface area contributed by atoms with Crippen LogP contribution < -0.4 is 14.8 Å². The van der Waals surface area contributed by atoms with Crippen LogP contribution >= 0.6 is 11.3 Å². The summed E-state index contributed by atoms with van der Waals surface area (Å²) in [6.45, 7) is 11.2. The number of nitrogens with one attached hydrogen (secondary N) is 1. The molecule has 7 heteroatoms. The molecule has 6 nitrogen and oxygen atoms in total. The predicted octanol–water partition coefficient (Wildman–Crippen LogP) is 4.30. The average Bonchev–Trinajstić information content (AvgIpc) is 3.38. The van der Waals surface area contributed by atoms with Gasteiger partial charge in [-0.3, -0.25) is 9.69 Å². The summed E-state index contributed by atoms with van der Waals surface area (Å²) in [6, 6.07) is 4.18. The molecule has 2 aliphatic rings. The summed E-state index contributed by atoms with van der Waals surface area (Å²) in [5.74, 6) is 2.17. The highest BCUT2D eigenvalue weighted by Gasteiger charge is 2.33. The number of hydrogen-bond acceptors (Lipinski definition) is 6. The fourth-order valence-corrected chi connectivity index (χ4v) is 4.85. The summed E-state index contributed by atoms with van der Waals surface area (Å²) in [4.78, 5) is 19.7. The maximum atomic E-state index is 12.7. The number of likely N-dealkylation sites (tertiary alicyclic amines) is 1. The van der Waals surface area contributed by atoms with Crippen LogP contribution in [0, 0.1) is 18.3 Å². The van der Waals surface area contributed by atoms with Crippen molar-refractivity contribution >= 4 is 17.2 Å². The summed E-state index contributed by atoms with van der Waals surface area (Å²) < 4.78 is 11.0. The minimum atomic E-state index is -0.410. The molecular formula is C23H31N3O3S. The lowest BCUT2D eigenvalue weighted by Crippen LogP contribution is -2.43. The lowest BCUT2D eigenvalue weighted by Gasteiger charge is -2.36. The van der Waals surface area contributed by atoms with Crippen molar-refractivity contribution in [2.24, 2.45) is 11.3 Å². The lowest BCUT2D eigenvalue weighted by molar-refractivity contribution is -0.129. The minimum Gasteiger partial charge on any atom is -0.454 e. The zero-order chi connectivity index (χ0) is 21.3. The molecule has 162 valence electrons. The number of carbonyl (C=O) groups excluding carboxylic acids is 1. The second-order valence-corrected chi connectivity index (χ2v) is 10.2. The molecule has 0 radical (unpaired) electrons. The van der Waals surface area contributed by atoms with Gasteiger partial charge < -0.3 is 14.8 Å². The Labute approximate surface area is 182 Å². The van der Waals surface area contributed by atoms with E-state index in [0.717, 1.165) is 49.0 Å². The molecule has 0 aliphatic carbocycles. The number of fused-ring (bicyclic) bond motifs is 1. The predicted molar refractivity (Wildman–Crippen MR) is 118 cm³/mol. The Kier molecular flexibility index (Phi) is 6.02. The Morgan fingerprint density at radius 2 is 1.97 bits per heavy atom. The molecule has 1 saturated heterocycles. The van der Waals surface area contributed by atoms with E-state index in [1.807, 2.05) is 32.3 Å². The Morgan fingerprint density at radius 1 is 1.27 bits per heavy atom. The van der Waals surface area contributed by atoms with Crippen LogP contribution in [0.5, 0.6) is 11.5 Å². The molecule has 0 spiro atoms. The van der Waals surface area contributed by atoms with E-state index in [0.29, 0.717) is 12.7 Å². The molecule has 4 rings (SSSR count). The molecule has 1 amide bonds. The Balaban J connectivity index is 1.40. The van der Waals surface area contributed by atoms with Gasteiger partial charge in [0.15, 0.2) is 11.5 Å². The number of carbonyl (C=O) groups is 1. The largest absolute Gasteiger partial charge is 0.454 e. The molecule has 30 heavy (non-hydrogen) atoms. The van der Waals surface area contributed by atoms with Crippen molar-refractivity contribution in [1.29, 1.82) is 0 Å². The van der Waals surface area contributed by atoms with Gasteiger partial charge in [-0.05, 0) is 62.0 Å². The van der Waals surface area contributed by atoms with Crippen LogP contribution in [0.15, 0.2) is 23.7 Å². The average molecular weight is 430 g/mol. The third-order valence-electron chi connectivity index (χ3n) is 6.01. The summed E-state index contributed by atoms with van der Waals surface area (Å²) in [5.41, 5.74) is 2.11. The van der Waals surface area contributed by atoms with Gasteiger partial charge in [-0.25, -0.2) is 4.98 Å². The highest BCUT2D eigenvalue weighted by molar-refractivity contribution is 7.09. The summed E-state index contributed by atoms with van der Waals surface area (Å²) in [6.07, 6.45) is 3.91. The molecule has 1 atom stereocenters. The SMILES string of the molecule is Cc1cc2c(cc1CN1CCC([C@@H](NC(=O)C(C)(C)C)c3nccs3)CC1)OCO2. The number of ether oxygens (including phenoxy) is 2. The van der Waals surface area contributed by atoms with Crippen LogP contribution in [0.25, 0.3) is 0 Å². The van der Waals surface area contributed by atoms with Crippen molar-refractivity contribution < 1.29 is 14.3 Å². The van der Waals surface area contributed by atoms with E-state index in [9.17, 15) is 4.79 Å². The van der Waals surface area contributed by atoms with Crippen molar-refractivity contribution in [3.8, 4) is 11.5 Å². The zero-order valence-corrected chi connectivity index (χ0v) is 19.1. The summed E-state index contributed by atoms with van der Waals surface area (Å²) in [7, 11) is 0. The van der Waals surface area contributed by atoms with Gasteiger partial charge in [0.2, 0.25) is 12.7 Å². The van der Waals surface area contributed by atoms with Gasteiger partial charge in [-0.1, -0.05) is 20.8 Å². The van der Waals surface area contributed by atoms with Crippen molar-refractivity contribution in [3.63, 3.8) is 0 Å². The standard InChI is InChI=1S/C23H31N3O3S/c1-15-11-18-19(29-14-28-18)12-17(15)13-26-8-5-16(6-9-26)20(21-24-7-10-30-21)25-22(27)23(2,3)4/h7,10-12,16,20H,5-6,8-9,13-14H2,1-4H3,(H,25,27)/t20-/m1/s1. The molecule has 0 saturated carbocycles. The molecule has 3 heterocycles. The van der Waals surface area contributed by atoms with E-state index in [2.05, 4.69) is 34.3 Å². The van der Waals surface area contributed by atoms with Gasteiger partial charge in [0.1, 0.15) is 5.01 Å². The van der Waals surface area contributed by atoms with Gasteiger partial charge in [0.05, 0.1) is 6.04 Å². The fourth-order valence-electron chi connectivity index (χ4n) is 4.07. The molecular weight excluding hydrogens is 398 g/mol. The van der Waals surface area contributed by atoms with Gasteiger partial charge >= 0.3 is 0 Å². The van der Waals surface area contributed by atoms with E-state index in [4.69, 9.17) is 9.47 Å². The van der Waals surface area contributed by atoms with Crippen LogP contribution in [0.3, 0.4) is 0 Å². The van der Waals surface area contributed by atoms with Crippen LogP contribution in [0.1, 0.15) is 55.8 Å². The Hall–Kier alpha value is -2.12. The zero-order valence-electron chi connectivity index (χ0n) is 18.2. The van der Waals surface area contributed by atoms with Crippen molar-refractivity contribution in [2.75, 3.05) is 19.9 Å². The quantitative estimate of drug-likeness (QED) is 0.768.